The molecule has 1 aliphatic rings. The van der Waals surface area contributed by atoms with E-state index in [0.29, 0.717) is 6.42 Å². The van der Waals surface area contributed by atoms with E-state index in [1.165, 1.54) is 27.7 Å². The van der Waals surface area contributed by atoms with Crippen molar-refractivity contribution in [3.05, 3.63) is 0 Å². The van der Waals surface area contributed by atoms with Gasteiger partial charge in [-0.05, 0) is 34.1 Å². The van der Waals surface area contributed by atoms with Crippen molar-refractivity contribution in [3.8, 4) is 0 Å². The van der Waals surface area contributed by atoms with Crippen LogP contribution in [0.4, 0.5) is 0 Å². The second kappa shape index (κ2) is 4.66. The molecule has 0 aromatic rings. The molecule has 1 fully saturated rings. The Morgan fingerprint density at radius 2 is 1.42 bits per heavy atom. The number of hydrogen-bond acceptors (Lipinski definition) is 4. The minimum atomic E-state index is -1.28. The topological polar surface area (TPSA) is 68.3 Å². The van der Waals surface area contributed by atoms with Crippen LogP contribution in [0.1, 0.15) is 48.0 Å². The summed E-state index contributed by atoms with van der Waals surface area (Å²) < 4.78 is 0. The summed E-state index contributed by atoms with van der Waals surface area (Å²) in [5.74, 6) is -3.48. The molecule has 0 aromatic heterocycles. The lowest BCUT2D eigenvalue weighted by Gasteiger charge is -2.40. The summed E-state index contributed by atoms with van der Waals surface area (Å²) in [6.45, 7) is 9.55. The van der Waals surface area contributed by atoms with Crippen LogP contribution >= 0.6 is 0 Å². The van der Waals surface area contributed by atoms with E-state index in [2.05, 4.69) is 0 Å². The molecule has 0 saturated heterocycles. The maximum Gasteiger partial charge on any atom is 0.163 e. The first kappa shape index (κ1) is 15.7. The smallest absolute Gasteiger partial charge is 0.163 e. The fourth-order valence-corrected chi connectivity index (χ4v) is 2.59. The lowest BCUT2D eigenvalue weighted by atomic mass is 9.57. The highest BCUT2D eigenvalue weighted by Gasteiger charge is 2.59. The molecule has 0 heterocycles. The molecule has 4 nitrogen and oxygen atoms in total. The van der Waals surface area contributed by atoms with E-state index in [-0.39, 0.29) is 11.7 Å². The first-order chi connectivity index (χ1) is 8.49. The van der Waals surface area contributed by atoms with Crippen LogP contribution in [-0.4, -0.2) is 23.1 Å². The molecule has 0 N–H and O–H groups in total. The Bertz CT molecular complexity index is 427. The van der Waals surface area contributed by atoms with Crippen molar-refractivity contribution < 1.29 is 19.2 Å². The summed E-state index contributed by atoms with van der Waals surface area (Å²) in [6, 6.07) is 0. The van der Waals surface area contributed by atoms with Crippen LogP contribution in [0, 0.1) is 22.7 Å². The minimum Gasteiger partial charge on any atom is -0.298 e. The van der Waals surface area contributed by atoms with Crippen LogP contribution in [0.25, 0.3) is 0 Å². The van der Waals surface area contributed by atoms with Gasteiger partial charge in [-0.25, -0.2) is 0 Å². The summed E-state index contributed by atoms with van der Waals surface area (Å²) >= 11 is 0. The Morgan fingerprint density at radius 3 is 1.74 bits per heavy atom. The van der Waals surface area contributed by atoms with Gasteiger partial charge < -0.3 is 0 Å². The maximum atomic E-state index is 12.4. The van der Waals surface area contributed by atoms with Crippen molar-refractivity contribution in [3.63, 3.8) is 0 Å². The molecule has 1 atom stereocenters. The average molecular weight is 266 g/mol. The van der Waals surface area contributed by atoms with E-state index in [9.17, 15) is 19.2 Å². The van der Waals surface area contributed by atoms with Gasteiger partial charge in [-0.15, -0.1) is 0 Å². The SMILES string of the molecule is CC[C@@H](C)C(=O)C1C(=O)C(C)(C)C(=O)C(C)(C)C1=O. The van der Waals surface area contributed by atoms with Gasteiger partial charge in [0.15, 0.2) is 23.1 Å². The highest BCUT2D eigenvalue weighted by atomic mass is 16.2. The minimum absolute atomic E-state index is 0.349. The quantitative estimate of drug-likeness (QED) is 0.733. The third-order valence-corrected chi connectivity index (χ3v) is 4.27. The van der Waals surface area contributed by atoms with E-state index < -0.39 is 34.1 Å². The molecule has 0 amide bonds. The van der Waals surface area contributed by atoms with Crippen molar-refractivity contribution in [2.24, 2.45) is 22.7 Å². The highest BCUT2D eigenvalue weighted by molar-refractivity contribution is 6.35. The molecular weight excluding hydrogens is 244 g/mol. The fraction of sp³-hybridized carbons (Fsp3) is 0.733. The lowest BCUT2D eigenvalue weighted by Crippen LogP contribution is -2.59. The lowest BCUT2D eigenvalue weighted by molar-refractivity contribution is -0.162. The van der Waals surface area contributed by atoms with E-state index in [4.69, 9.17) is 0 Å². The molecule has 1 saturated carbocycles. The summed E-state index contributed by atoms with van der Waals surface area (Å²) in [7, 11) is 0. The Labute approximate surface area is 113 Å². The van der Waals surface area contributed by atoms with Crippen LogP contribution < -0.4 is 0 Å². The van der Waals surface area contributed by atoms with Gasteiger partial charge in [-0.2, -0.15) is 0 Å². The molecule has 106 valence electrons. The zero-order valence-electron chi connectivity index (χ0n) is 12.5. The van der Waals surface area contributed by atoms with Gasteiger partial charge in [0.05, 0.1) is 10.8 Å². The third kappa shape index (κ3) is 2.17. The molecule has 0 bridgehead atoms. The van der Waals surface area contributed by atoms with Gasteiger partial charge in [0.1, 0.15) is 5.92 Å². The molecule has 0 spiro atoms. The maximum absolute atomic E-state index is 12.4. The normalized spacial score (nSPS) is 24.4. The van der Waals surface area contributed by atoms with Gasteiger partial charge in [0, 0.05) is 5.92 Å². The van der Waals surface area contributed by atoms with Crippen LogP contribution in [0.2, 0.25) is 0 Å². The van der Waals surface area contributed by atoms with Crippen molar-refractivity contribution >= 4 is 23.1 Å². The Kier molecular flexibility index (Phi) is 3.86. The molecular formula is C15H22O4. The van der Waals surface area contributed by atoms with Crippen molar-refractivity contribution in [1.29, 1.82) is 0 Å². The van der Waals surface area contributed by atoms with Crippen LogP contribution in [0.15, 0.2) is 0 Å². The van der Waals surface area contributed by atoms with E-state index in [0.717, 1.165) is 0 Å². The number of ketones is 4. The molecule has 1 rings (SSSR count). The largest absolute Gasteiger partial charge is 0.298 e. The summed E-state index contributed by atoms with van der Waals surface area (Å²) in [5, 5.41) is 0. The number of carbonyl (C=O) groups is 4. The Hall–Kier alpha value is -1.32. The van der Waals surface area contributed by atoms with Gasteiger partial charge in [0.2, 0.25) is 0 Å². The number of hydrogen-bond donors (Lipinski definition) is 0. The first-order valence-corrected chi connectivity index (χ1v) is 6.66. The van der Waals surface area contributed by atoms with E-state index >= 15 is 0 Å². The van der Waals surface area contributed by atoms with Crippen molar-refractivity contribution in [2.45, 2.75) is 48.0 Å². The molecule has 1 aliphatic carbocycles. The van der Waals surface area contributed by atoms with E-state index in [1.807, 2.05) is 6.92 Å². The molecule has 0 aliphatic heterocycles. The highest BCUT2D eigenvalue weighted by Crippen LogP contribution is 2.41. The zero-order valence-corrected chi connectivity index (χ0v) is 12.5. The van der Waals surface area contributed by atoms with Crippen molar-refractivity contribution in [2.75, 3.05) is 0 Å². The van der Waals surface area contributed by atoms with E-state index in [1.54, 1.807) is 6.92 Å². The average Bonchev–Trinajstić information content (AvgIpc) is 2.34. The Morgan fingerprint density at radius 1 is 1.05 bits per heavy atom. The van der Waals surface area contributed by atoms with Crippen molar-refractivity contribution in [1.82, 2.24) is 0 Å². The third-order valence-electron chi connectivity index (χ3n) is 4.27. The monoisotopic (exact) mass is 266 g/mol. The second-order valence-electron chi connectivity index (χ2n) is 6.45. The molecule has 0 unspecified atom stereocenters. The van der Waals surface area contributed by atoms with Crippen LogP contribution in [0.5, 0.6) is 0 Å². The first-order valence-electron chi connectivity index (χ1n) is 6.66. The number of carbonyl (C=O) groups excluding carboxylic acids is 4. The summed E-state index contributed by atoms with van der Waals surface area (Å²) in [4.78, 5) is 49.2. The number of rotatable bonds is 3. The van der Waals surface area contributed by atoms with Crippen LogP contribution in [-0.2, 0) is 19.2 Å². The Balaban J connectivity index is 3.33. The van der Waals surface area contributed by atoms with Crippen LogP contribution in [0.3, 0.4) is 0 Å². The van der Waals surface area contributed by atoms with Gasteiger partial charge >= 0.3 is 0 Å². The van der Waals surface area contributed by atoms with Gasteiger partial charge in [-0.3, -0.25) is 19.2 Å². The molecule has 0 radical (unpaired) electrons. The molecule has 19 heavy (non-hydrogen) atoms. The summed E-state index contributed by atoms with van der Waals surface area (Å²) in [6.07, 6.45) is 0.574. The van der Waals surface area contributed by atoms with Gasteiger partial charge in [0.25, 0.3) is 0 Å². The van der Waals surface area contributed by atoms with Gasteiger partial charge in [-0.1, -0.05) is 13.8 Å². The predicted molar refractivity (Wildman–Crippen MR) is 70.5 cm³/mol. The predicted octanol–water partition coefficient (Wildman–Crippen LogP) is 1.99. The molecule has 4 heteroatoms. The number of Topliss-reactive ketones (excluding diaryl/α,β-unsaturated/α-hetero) is 4. The standard InChI is InChI=1S/C15H22O4/c1-7-8(2)10(16)9-11(17)14(3,4)13(19)15(5,6)12(9)18/h8-9H,7H2,1-6H3/t8-/m1/s1. The zero-order chi connectivity index (χ0) is 15.2. The summed E-state index contributed by atoms with van der Waals surface area (Å²) in [5.41, 5.74) is -2.55. The second-order valence-corrected chi connectivity index (χ2v) is 6.45. The fourth-order valence-electron chi connectivity index (χ4n) is 2.59. The molecule has 0 aromatic carbocycles.